The molecular formula is C29H48O11. The smallest absolute Gasteiger partial charge is 0.307 e. The third-order valence-electron chi connectivity index (χ3n) is 11.2. The quantitative estimate of drug-likeness (QED) is 0.375. The number of hydrogen-bond acceptors (Lipinski definition) is 10. The largest absolute Gasteiger partial charge is 0.481 e. The van der Waals surface area contributed by atoms with E-state index < -0.39 is 45.8 Å². The van der Waals surface area contributed by atoms with Gasteiger partial charge in [-0.3, -0.25) is 4.79 Å². The molecule has 0 aromatic rings. The Balaban J connectivity index is 1.65. The van der Waals surface area contributed by atoms with Gasteiger partial charge >= 0.3 is 5.97 Å². The standard InChI is InChI=1S/C29H48O11/c1-25(2)38-14-28-22(40-25)11-18(36-15-33-4)12-27(28,32)9-7-19-23(28)21(37-16-34-5)13-26(3)20(24(30)31)8-10-29(19,26)39-17-35-6/h18-23,32H,7-17H2,1-6H3,(H,30,31)/t18-,19+,20+,21+,22+,23+,26+,27-,28+,29-/m0/s1. The number of aliphatic carboxylic acids is 1. The van der Waals surface area contributed by atoms with Gasteiger partial charge in [-0.15, -0.1) is 0 Å². The Morgan fingerprint density at radius 1 is 0.950 bits per heavy atom. The van der Waals surface area contributed by atoms with Crippen LogP contribution in [0.25, 0.3) is 0 Å². The summed E-state index contributed by atoms with van der Waals surface area (Å²) in [6.45, 7) is 6.36. The van der Waals surface area contributed by atoms with Gasteiger partial charge < -0.3 is 48.1 Å². The maximum absolute atomic E-state index is 12.7. The van der Waals surface area contributed by atoms with Crippen LogP contribution in [0, 0.1) is 28.6 Å². The third kappa shape index (κ3) is 4.46. The lowest BCUT2D eigenvalue weighted by Gasteiger charge is -2.71. The van der Waals surface area contributed by atoms with Crippen molar-refractivity contribution in [2.45, 2.75) is 101 Å². The van der Waals surface area contributed by atoms with E-state index in [1.165, 1.54) is 0 Å². The van der Waals surface area contributed by atoms with Crippen molar-refractivity contribution in [3.8, 4) is 0 Å². The summed E-state index contributed by atoms with van der Waals surface area (Å²) < 4.78 is 48.2. The number of carboxylic acids is 1. The Bertz CT molecular complexity index is 930. The summed E-state index contributed by atoms with van der Waals surface area (Å²) >= 11 is 0. The monoisotopic (exact) mass is 572 g/mol. The van der Waals surface area contributed by atoms with E-state index in [0.29, 0.717) is 44.9 Å². The molecule has 0 aromatic carbocycles. The number of aliphatic hydroxyl groups is 1. The van der Waals surface area contributed by atoms with E-state index in [0.717, 1.165) is 0 Å². The van der Waals surface area contributed by atoms with Gasteiger partial charge in [-0.2, -0.15) is 0 Å². The van der Waals surface area contributed by atoms with Crippen LogP contribution in [0.5, 0.6) is 0 Å². The van der Waals surface area contributed by atoms with Crippen LogP contribution < -0.4 is 0 Å². The zero-order valence-corrected chi connectivity index (χ0v) is 24.8. The first-order valence-corrected chi connectivity index (χ1v) is 14.5. The Hall–Kier alpha value is -0.890. The summed E-state index contributed by atoms with van der Waals surface area (Å²) in [5, 5.41) is 23.0. The van der Waals surface area contributed by atoms with Crippen LogP contribution in [-0.2, 0) is 42.7 Å². The van der Waals surface area contributed by atoms with Crippen molar-refractivity contribution >= 4 is 5.97 Å². The molecule has 1 aliphatic heterocycles. The average Bonchev–Trinajstić information content (AvgIpc) is 3.20. The van der Waals surface area contributed by atoms with Crippen molar-refractivity contribution in [2.75, 3.05) is 48.3 Å². The topological polar surface area (TPSA) is 131 Å². The number of ether oxygens (including phenoxy) is 8. The van der Waals surface area contributed by atoms with Crippen molar-refractivity contribution in [3.05, 3.63) is 0 Å². The fourth-order valence-electron chi connectivity index (χ4n) is 9.69. The fraction of sp³-hybridized carbons (Fsp3) is 0.966. The number of methoxy groups -OCH3 is 3. The summed E-state index contributed by atoms with van der Waals surface area (Å²) in [6, 6.07) is 0. The molecule has 2 N–H and O–H groups in total. The molecule has 5 rings (SSSR count). The van der Waals surface area contributed by atoms with Crippen molar-refractivity contribution in [1.29, 1.82) is 0 Å². The van der Waals surface area contributed by atoms with E-state index in [9.17, 15) is 15.0 Å². The molecule has 0 bridgehead atoms. The lowest BCUT2D eigenvalue weighted by molar-refractivity contribution is -0.408. The number of hydrogen-bond donors (Lipinski definition) is 2. The second kappa shape index (κ2) is 11.0. The molecule has 4 saturated carbocycles. The number of rotatable bonds is 10. The number of carboxylic acid groups (broad SMARTS) is 1. The van der Waals surface area contributed by atoms with Crippen LogP contribution in [0.2, 0.25) is 0 Å². The highest BCUT2D eigenvalue weighted by Crippen LogP contribution is 2.72. The molecule has 11 heteroatoms. The van der Waals surface area contributed by atoms with Crippen LogP contribution >= 0.6 is 0 Å². The van der Waals surface area contributed by atoms with Crippen LogP contribution in [-0.4, -0.2) is 99.8 Å². The van der Waals surface area contributed by atoms with Gasteiger partial charge in [0.1, 0.15) is 20.4 Å². The zero-order chi connectivity index (χ0) is 29.0. The van der Waals surface area contributed by atoms with Crippen molar-refractivity contribution in [3.63, 3.8) is 0 Å². The molecule has 1 heterocycles. The lowest BCUT2D eigenvalue weighted by atomic mass is 9.40. The highest BCUT2D eigenvalue weighted by molar-refractivity contribution is 5.72. The van der Waals surface area contributed by atoms with Gasteiger partial charge in [-0.1, -0.05) is 6.92 Å². The van der Waals surface area contributed by atoms with E-state index in [1.807, 2.05) is 20.8 Å². The molecule has 0 amide bonds. The van der Waals surface area contributed by atoms with E-state index in [1.54, 1.807) is 21.3 Å². The predicted molar refractivity (Wildman–Crippen MR) is 140 cm³/mol. The van der Waals surface area contributed by atoms with Crippen molar-refractivity contribution in [1.82, 2.24) is 0 Å². The molecule has 230 valence electrons. The van der Waals surface area contributed by atoms with Crippen LogP contribution in [0.15, 0.2) is 0 Å². The minimum atomic E-state index is -1.17. The second-order valence-electron chi connectivity index (χ2n) is 13.3. The molecule has 40 heavy (non-hydrogen) atoms. The predicted octanol–water partition coefficient (Wildman–Crippen LogP) is 2.92. The first kappa shape index (κ1) is 30.6. The van der Waals surface area contributed by atoms with Gasteiger partial charge in [0.15, 0.2) is 5.79 Å². The maximum Gasteiger partial charge on any atom is 0.307 e. The van der Waals surface area contributed by atoms with Crippen LogP contribution in [0.4, 0.5) is 0 Å². The molecule has 0 aromatic heterocycles. The molecule has 11 nitrogen and oxygen atoms in total. The van der Waals surface area contributed by atoms with Gasteiger partial charge in [-0.05, 0) is 51.9 Å². The maximum atomic E-state index is 12.7. The molecule has 0 unspecified atom stereocenters. The second-order valence-corrected chi connectivity index (χ2v) is 13.3. The van der Waals surface area contributed by atoms with Gasteiger partial charge in [0.2, 0.25) is 0 Å². The Morgan fingerprint density at radius 3 is 2.33 bits per heavy atom. The summed E-state index contributed by atoms with van der Waals surface area (Å²) in [7, 11) is 4.75. The average molecular weight is 573 g/mol. The minimum absolute atomic E-state index is 0.0551. The van der Waals surface area contributed by atoms with Crippen LogP contribution in [0.1, 0.15) is 65.7 Å². The first-order valence-electron chi connectivity index (χ1n) is 14.5. The first-order chi connectivity index (χ1) is 18.9. The highest BCUT2D eigenvalue weighted by Gasteiger charge is 2.78. The van der Waals surface area contributed by atoms with Gasteiger partial charge in [0.05, 0.1) is 47.5 Å². The summed E-state index contributed by atoms with van der Waals surface area (Å²) in [6.07, 6.45) is 2.59. The molecule has 10 atom stereocenters. The normalized spacial score (nSPS) is 47.6. The lowest BCUT2D eigenvalue weighted by Crippen LogP contribution is -2.78. The Kier molecular flexibility index (Phi) is 8.40. The zero-order valence-electron chi connectivity index (χ0n) is 24.8. The molecule has 4 aliphatic carbocycles. The van der Waals surface area contributed by atoms with Crippen molar-refractivity contribution in [2.24, 2.45) is 28.6 Å². The molecule has 1 saturated heterocycles. The van der Waals surface area contributed by atoms with E-state index >= 15 is 0 Å². The number of carbonyl (C=O) groups is 1. The van der Waals surface area contributed by atoms with E-state index in [-0.39, 0.29) is 51.0 Å². The molecule has 0 radical (unpaired) electrons. The van der Waals surface area contributed by atoms with Crippen LogP contribution in [0.3, 0.4) is 0 Å². The fourth-order valence-corrected chi connectivity index (χ4v) is 9.69. The summed E-state index contributed by atoms with van der Waals surface area (Å²) in [4.78, 5) is 12.6. The Labute approximate surface area is 237 Å². The molecule has 1 spiro atoms. The number of fused-ring (bicyclic) bond motifs is 3. The highest BCUT2D eigenvalue weighted by atomic mass is 16.7. The van der Waals surface area contributed by atoms with Gasteiger partial charge in [-0.25, -0.2) is 0 Å². The molecular weight excluding hydrogens is 524 g/mol. The molecule has 5 aliphatic rings. The van der Waals surface area contributed by atoms with E-state index in [2.05, 4.69) is 0 Å². The van der Waals surface area contributed by atoms with Gasteiger partial charge in [0.25, 0.3) is 0 Å². The van der Waals surface area contributed by atoms with Gasteiger partial charge in [0, 0.05) is 45.5 Å². The summed E-state index contributed by atoms with van der Waals surface area (Å²) in [5.41, 5.74) is -3.49. The minimum Gasteiger partial charge on any atom is -0.481 e. The van der Waals surface area contributed by atoms with E-state index in [4.69, 9.17) is 37.9 Å². The Morgan fingerprint density at radius 2 is 1.65 bits per heavy atom. The summed E-state index contributed by atoms with van der Waals surface area (Å²) in [5.74, 6) is -2.63. The third-order valence-corrected chi connectivity index (χ3v) is 11.2. The van der Waals surface area contributed by atoms with Crippen molar-refractivity contribution < 1.29 is 52.9 Å². The SMILES string of the molecule is COCO[C@H]1C[C@H]2OC(C)(C)OC[C@]23[C@@H]2[C@@H](CC[C@]3(O)C1)[C@@]1(OCOC)CC[C@H](C(=O)O)[C@@]1(C)C[C@H]2OCOC. The molecule has 5 fully saturated rings.